The van der Waals surface area contributed by atoms with Crippen LogP contribution >= 0.6 is 0 Å². The van der Waals surface area contributed by atoms with Gasteiger partial charge >= 0.3 is 6.36 Å². The Morgan fingerprint density at radius 1 is 1.03 bits per heavy atom. The zero-order chi connectivity index (χ0) is 23.1. The fourth-order valence-electron chi connectivity index (χ4n) is 2.66. The molecule has 0 fully saturated rings. The topological polar surface area (TPSA) is 80.3 Å². The van der Waals surface area contributed by atoms with Crippen molar-refractivity contribution in [1.29, 1.82) is 0 Å². The molecular formula is C23H18F3N3O3. The molecule has 1 heterocycles. The summed E-state index contributed by atoms with van der Waals surface area (Å²) in [5, 5.41) is 5.31. The molecule has 32 heavy (non-hydrogen) atoms. The SMILES string of the molecule is Cc1ccc(C(=O)Nc2ccc(OC(F)(F)F)cc2)cc1NC(=O)/C=C/c1cccnc1. The lowest BCUT2D eigenvalue weighted by molar-refractivity contribution is -0.274. The van der Waals surface area contributed by atoms with Crippen molar-refractivity contribution in [2.45, 2.75) is 13.3 Å². The van der Waals surface area contributed by atoms with E-state index in [0.717, 1.165) is 23.3 Å². The third-order valence-corrected chi connectivity index (χ3v) is 4.21. The Balaban J connectivity index is 1.66. The minimum absolute atomic E-state index is 0.262. The average Bonchev–Trinajstić information content (AvgIpc) is 2.75. The zero-order valence-corrected chi connectivity index (χ0v) is 16.8. The first-order chi connectivity index (χ1) is 15.2. The number of nitrogens with one attached hydrogen (secondary N) is 2. The maximum atomic E-state index is 12.5. The molecule has 2 aromatic carbocycles. The maximum Gasteiger partial charge on any atom is 0.573 e. The van der Waals surface area contributed by atoms with E-state index < -0.39 is 18.0 Å². The van der Waals surface area contributed by atoms with Gasteiger partial charge in [-0.2, -0.15) is 0 Å². The van der Waals surface area contributed by atoms with Crippen molar-refractivity contribution < 1.29 is 27.5 Å². The Kier molecular flexibility index (Phi) is 6.89. The number of ether oxygens (including phenoxy) is 1. The van der Waals surface area contributed by atoms with Crippen LogP contribution in [0.5, 0.6) is 5.75 Å². The largest absolute Gasteiger partial charge is 0.573 e. The smallest absolute Gasteiger partial charge is 0.406 e. The lowest BCUT2D eigenvalue weighted by Crippen LogP contribution is -2.17. The highest BCUT2D eigenvalue weighted by Gasteiger charge is 2.30. The van der Waals surface area contributed by atoms with E-state index in [4.69, 9.17) is 0 Å². The molecule has 0 atom stereocenters. The highest BCUT2D eigenvalue weighted by Crippen LogP contribution is 2.24. The molecule has 9 heteroatoms. The molecular weight excluding hydrogens is 423 g/mol. The number of rotatable bonds is 6. The Hall–Kier alpha value is -4.14. The molecule has 0 aliphatic rings. The van der Waals surface area contributed by atoms with Crippen LogP contribution in [0.1, 0.15) is 21.5 Å². The molecule has 6 nitrogen and oxygen atoms in total. The van der Waals surface area contributed by atoms with Crippen molar-refractivity contribution in [3.63, 3.8) is 0 Å². The highest BCUT2D eigenvalue weighted by atomic mass is 19.4. The predicted octanol–water partition coefficient (Wildman–Crippen LogP) is 5.19. The number of hydrogen-bond acceptors (Lipinski definition) is 4. The summed E-state index contributed by atoms with van der Waals surface area (Å²) < 4.78 is 40.5. The first-order valence-electron chi connectivity index (χ1n) is 9.36. The van der Waals surface area contributed by atoms with E-state index in [-0.39, 0.29) is 17.2 Å². The normalized spacial score (nSPS) is 11.2. The van der Waals surface area contributed by atoms with E-state index in [1.54, 1.807) is 49.7 Å². The van der Waals surface area contributed by atoms with E-state index in [2.05, 4.69) is 20.4 Å². The number of benzene rings is 2. The molecule has 3 aromatic rings. The lowest BCUT2D eigenvalue weighted by atomic mass is 10.1. The van der Waals surface area contributed by atoms with E-state index in [0.29, 0.717) is 5.69 Å². The average molecular weight is 441 g/mol. The van der Waals surface area contributed by atoms with Crippen molar-refractivity contribution >= 4 is 29.3 Å². The summed E-state index contributed by atoms with van der Waals surface area (Å²) in [5.41, 5.74) is 2.51. The van der Waals surface area contributed by atoms with Gasteiger partial charge in [0, 0.05) is 35.4 Å². The van der Waals surface area contributed by atoms with Crippen LogP contribution in [0.2, 0.25) is 0 Å². The van der Waals surface area contributed by atoms with E-state index in [1.807, 2.05) is 0 Å². The number of halogens is 3. The van der Waals surface area contributed by atoms with Crippen LogP contribution in [0.25, 0.3) is 6.08 Å². The van der Waals surface area contributed by atoms with Gasteiger partial charge < -0.3 is 15.4 Å². The number of hydrogen-bond donors (Lipinski definition) is 2. The molecule has 2 amide bonds. The van der Waals surface area contributed by atoms with Gasteiger partial charge in [-0.05, 0) is 66.6 Å². The second-order valence-corrected chi connectivity index (χ2v) is 6.66. The number of anilines is 2. The Morgan fingerprint density at radius 2 is 1.78 bits per heavy atom. The fourth-order valence-corrected chi connectivity index (χ4v) is 2.66. The molecule has 3 rings (SSSR count). The van der Waals surface area contributed by atoms with Gasteiger partial charge in [0.25, 0.3) is 5.91 Å². The standard InChI is InChI=1S/C23H18F3N3O3/c1-15-4-6-17(13-20(15)29-21(30)11-5-16-3-2-12-27-14-16)22(31)28-18-7-9-19(10-8-18)32-23(24,25)26/h2-14H,1H3,(H,28,31)(H,29,30)/b11-5+. The van der Waals surface area contributed by atoms with Gasteiger partial charge in [0.1, 0.15) is 5.75 Å². The van der Waals surface area contributed by atoms with Crippen LogP contribution in [-0.2, 0) is 4.79 Å². The first-order valence-corrected chi connectivity index (χ1v) is 9.36. The molecule has 0 saturated heterocycles. The molecule has 0 aliphatic carbocycles. The number of pyridine rings is 1. The summed E-state index contributed by atoms with van der Waals surface area (Å²) in [6.07, 6.45) is 1.42. The third-order valence-electron chi connectivity index (χ3n) is 4.21. The van der Waals surface area contributed by atoms with Crippen molar-refractivity contribution in [3.8, 4) is 5.75 Å². The Morgan fingerprint density at radius 3 is 2.44 bits per heavy atom. The number of carbonyl (C=O) groups is 2. The van der Waals surface area contributed by atoms with Gasteiger partial charge in [-0.25, -0.2) is 0 Å². The maximum absolute atomic E-state index is 12.5. The van der Waals surface area contributed by atoms with Crippen LogP contribution < -0.4 is 15.4 Å². The first kappa shape index (κ1) is 22.5. The number of aryl methyl sites for hydroxylation is 1. The summed E-state index contributed by atoms with van der Waals surface area (Å²) >= 11 is 0. The van der Waals surface area contributed by atoms with Crippen molar-refractivity contribution in [3.05, 3.63) is 89.8 Å². The molecule has 164 valence electrons. The number of carbonyl (C=O) groups excluding carboxylic acids is 2. The third kappa shape index (κ3) is 6.69. The van der Waals surface area contributed by atoms with Crippen molar-refractivity contribution in [1.82, 2.24) is 4.98 Å². The number of nitrogens with zero attached hydrogens (tertiary/aromatic N) is 1. The van der Waals surface area contributed by atoms with Crippen LogP contribution in [-0.4, -0.2) is 23.2 Å². The van der Waals surface area contributed by atoms with Crippen LogP contribution in [0.4, 0.5) is 24.5 Å². The van der Waals surface area contributed by atoms with Crippen LogP contribution in [0, 0.1) is 6.92 Å². The van der Waals surface area contributed by atoms with Crippen LogP contribution in [0.15, 0.2) is 73.1 Å². The highest BCUT2D eigenvalue weighted by molar-refractivity contribution is 6.07. The summed E-state index contributed by atoms with van der Waals surface area (Å²) in [6, 6.07) is 13.1. The van der Waals surface area contributed by atoms with Gasteiger partial charge in [-0.15, -0.1) is 13.2 Å². The van der Waals surface area contributed by atoms with Crippen LogP contribution in [0.3, 0.4) is 0 Å². The molecule has 0 saturated carbocycles. The Bertz CT molecular complexity index is 1130. The van der Waals surface area contributed by atoms with Crippen molar-refractivity contribution in [2.24, 2.45) is 0 Å². The molecule has 0 bridgehead atoms. The predicted molar refractivity (Wildman–Crippen MR) is 114 cm³/mol. The molecule has 1 aromatic heterocycles. The molecule has 0 aliphatic heterocycles. The summed E-state index contributed by atoms with van der Waals surface area (Å²) in [7, 11) is 0. The van der Waals surface area contributed by atoms with Gasteiger partial charge in [0.15, 0.2) is 0 Å². The molecule has 0 radical (unpaired) electrons. The number of alkyl halides is 3. The molecule has 2 N–H and O–H groups in total. The summed E-state index contributed by atoms with van der Waals surface area (Å²) in [4.78, 5) is 28.7. The monoisotopic (exact) mass is 441 g/mol. The number of aromatic nitrogens is 1. The number of amides is 2. The minimum atomic E-state index is -4.79. The molecule has 0 unspecified atom stereocenters. The van der Waals surface area contributed by atoms with Gasteiger partial charge in [0.05, 0.1) is 0 Å². The van der Waals surface area contributed by atoms with E-state index in [1.165, 1.54) is 24.3 Å². The van der Waals surface area contributed by atoms with Gasteiger partial charge in [0.2, 0.25) is 5.91 Å². The van der Waals surface area contributed by atoms with E-state index >= 15 is 0 Å². The second kappa shape index (κ2) is 9.78. The Labute approximate surface area is 181 Å². The van der Waals surface area contributed by atoms with Crippen molar-refractivity contribution in [2.75, 3.05) is 10.6 Å². The zero-order valence-electron chi connectivity index (χ0n) is 16.8. The molecule has 0 spiro atoms. The summed E-state index contributed by atoms with van der Waals surface area (Å²) in [6.45, 7) is 1.78. The summed E-state index contributed by atoms with van der Waals surface area (Å²) in [5.74, 6) is -1.26. The van der Waals surface area contributed by atoms with E-state index in [9.17, 15) is 22.8 Å². The van der Waals surface area contributed by atoms with Gasteiger partial charge in [-0.3, -0.25) is 14.6 Å². The van der Waals surface area contributed by atoms with Gasteiger partial charge in [-0.1, -0.05) is 12.1 Å². The minimum Gasteiger partial charge on any atom is -0.406 e. The lowest BCUT2D eigenvalue weighted by Gasteiger charge is -2.11. The fraction of sp³-hybridized carbons (Fsp3) is 0.0870. The second-order valence-electron chi connectivity index (χ2n) is 6.66. The quantitative estimate of drug-likeness (QED) is 0.516.